The van der Waals surface area contributed by atoms with Crippen molar-refractivity contribution in [3.63, 3.8) is 0 Å². The van der Waals surface area contributed by atoms with Crippen molar-refractivity contribution in [2.45, 2.75) is 61.1 Å². The number of benzene rings is 1. The van der Waals surface area contributed by atoms with Crippen molar-refractivity contribution in [2.24, 2.45) is 0 Å². The van der Waals surface area contributed by atoms with Crippen LogP contribution in [0.5, 0.6) is 0 Å². The maximum absolute atomic E-state index is 15.4. The number of fused-ring (bicyclic) bond motifs is 1. The van der Waals surface area contributed by atoms with Crippen LogP contribution in [0.1, 0.15) is 37.2 Å². The first-order valence-corrected chi connectivity index (χ1v) is 13.7. The number of alkyl halides is 1. The van der Waals surface area contributed by atoms with Gasteiger partial charge in [-0.1, -0.05) is 23.2 Å². The molecule has 2 aromatic heterocycles. The molecule has 3 saturated carbocycles. The molecule has 5 fully saturated rings. The molecular formula is C26H29Cl2FN6O3. The summed E-state index contributed by atoms with van der Waals surface area (Å²) in [5.74, 6) is 0.0186. The van der Waals surface area contributed by atoms with Crippen LogP contribution in [0.25, 0.3) is 10.9 Å². The normalized spacial score (nSPS) is 34.8. The third-order valence-corrected chi connectivity index (χ3v) is 9.64. The summed E-state index contributed by atoms with van der Waals surface area (Å²) in [6.45, 7) is 1.63. The molecule has 12 heteroatoms. The molecular weight excluding hydrogens is 534 g/mol. The van der Waals surface area contributed by atoms with Gasteiger partial charge in [0.25, 0.3) is 0 Å². The van der Waals surface area contributed by atoms with E-state index in [4.69, 9.17) is 32.7 Å². The third-order valence-electron chi connectivity index (χ3n) is 8.95. The number of hydrogen-bond donors (Lipinski definition) is 2. The molecule has 9 nitrogen and oxygen atoms in total. The summed E-state index contributed by atoms with van der Waals surface area (Å²) in [7, 11) is 1.75. The Morgan fingerprint density at radius 2 is 2.03 bits per heavy atom. The topological polar surface area (TPSA) is 97.6 Å². The molecule has 2 aliphatic heterocycles. The second kappa shape index (κ2) is 8.97. The standard InChI is InChI=1S/C26H29Cl2FN6O3/c1-37-26-11-25(12-26,13-26)35-23(28)20(7-31-35)33-24-30-6-14-4-17(27)16(5-19(14)32-24)15-2-3-34(8-18(15)29)21-9-38-10-22(21)36/h4-7,15,18,21-22,36H,2-3,8-13H2,1H3,(H,30,32,33)/t15-,18+,21+,22-,25?,26?/m0/s1. The Hall–Kier alpha value is -2.08. The van der Waals surface area contributed by atoms with E-state index in [9.17, 15) is 5.11 Å². The maximum atomic E-state index is 15.4. The molecule has 4 atom stereocenters. The van der Waals surface area contributed by atoms with Gasteiger partial charge < -0.3 is 19.9 Å². The number of nitrogens with zero attached hydrogens (tertiary/aromatic N) is 5. The maximum Gasteiger partial charge on any atom is 0.227 e. The lowest BCUT2D eigenvalue weighted by Crippen LogP contribution is -2.73. The number of aromatic nitrogens is 4. The Labute approximate surface area is 229 Å². The smallest absolute Gasteiger partial charge is 0.227 e. The predicted molar refractivity (Wildman–Crippen MR) is 141 cm³/mol. The van der Waals surface area contributed by atoms with E-state index < -0.39 is 12.3 Å². The SMILES string of the molecule is COC12CC(n3ncc(Nc4ncc5cc(Cl)c([C@@H]6CCN([C@@H]7COC[C@@H]7O)C[C@H]6F)cc5n4)c3Cl)(C1)C2. The second-order valence-corrected chi connectivity index (χ2v) is 12.0. The molecule has 202 valence electrons. The van der Waals surface area contributed by atoms with E-state index in [1.165, 1.54) is 0 Å². The molecule has 4 heterocycles. The number of likely N-dealkylation sites (tertiary alicyclic amines) is 1. The van der Waals surface area contributed by atoms with E-state index in [1.54, 1.807) is 25.6 Å². The quantitative estimate of drug-likeness (QED) is 0.464. The molecule has 3 aromatic rings. The molecule has 2 saturated heterocycles. The summed E-state index contributed by atoms with van der Waals surface area (Å²) < 4.78 is 28.3. The number of aliphatic hydroxyl groups excluding tert-OH is 1. The van der Waals surface area contributed by atoms with E-state index in [-0.39, 0.29) is 29.6 Å². The summed E-state index contributed by atoms with van der Waals surface area (Å²) in [4.78, 5) is 11.1. The molecule has 8 rings (SSSR count). The summed E-state index contributed by atoms with van der Waals surface area (Å²) in [5.41, 5.74) is 1.96. The zero-order valence-corrected chi connectivity index (χ0v) is 22.4. The Bertz CT molecular complexity index is 1390. The number of rotatable bonds is 6. The predicted octanol–water partition coefficient (Wildman–Crippen LogP) is 4.04. The van der Waals surface area contributed by atoms with Gasteiger partial charge in [-0.05, 0) is 30.7 Å². The highest BCUT2D eigenvalue weighted by atomic mass is 35.5. The van der Waals surface area contributed by atoms with Crippen LogP contribution >= 0.6 is 23.2 Å². The third kappa shape index (κ3) is 3.83. The van der Waals surface area contributed by atoms with Crippen LogP contribution in [0.4, 0.5) is 16.0 Å². The fraction of sp³-hybridized carbons (Fsp3) is 0.577. The molecule has 3 aliphatic carbocycles. The number of methoxy groups -OCH3 is 1. The first kappa shape index (κ1) is 24.9. The van der Waals surface area contributed by atoms with Gasteiger partial charge in [-0.3, -0.25) is 4.90 Å². The lowest BCUT2D eigenvalue weighted by molar-refractivity contribution is -0.265. The van der Waals surface area contributed by atoms with Gasteiger partial charge in [-0.15, -0.1) is 0 Å². The number of piperidine rings is 1. The van der Waals surface area contributed by atoms with Gasteiger partial charge in [-0.2, -0.15) is 5.10 Å². The van der Waals surface area contributed by atoms with E-state index in [0.29, 0.717) is 53.5 Å². The summed E-state index contributed by atoms with van der Waals surface area (Å²) in [6, 6.07) is 3.50. The van der Waals surface area contributed by atoms with Gasteiger partial charge >= 0.3 is 0 Å². The minimum Gasteiger partial charge on any atom is -0.389 e. The molecule has 0 unspecified atom stereocenters. The minimum absolute atomic E-state index is 0.00921. The molecule has 38 heavy (non-hydrogen) atoms. The van der Waals surface area contributed by atoms with Crippen LogP contribution in [0.15, 0.2) is 24.5 Å². The summed E-state index contributed by atoms with van der Waals surface area (Å²) in [6.07, 6.45) is 5.02. The zero-order valence-electron chi connectivity index (χ0n) is 20.9. The lowest BCUT2D eigenvalue weighted by Gasteiger charge is -2.68. The van der Waals surface area contributed by atoms with Crippen LogP contribution in [0.3, 0.4) is 0 Å². The number of ether oxygens (including phenoxy) is 2. The highest BCUT2D eigenvalue weighted by Crippen LogP contribution is 2.67. The Morgan fingerprint density at radius 1 is 1.21 bits per heavy atom. The number of halogens is 3. The first-order chi connectivity index (χ1) is 18.3. The average Bonchev–Trinajstić information content (AvgIpc) is 3.44. The summed E-state index contributed by atoms with van der Waals surface area (Å²) in [5, 5.41) is 19.7. The fourth-order valence-corrected chi connectivity index (χ4v) is 7.46. The van der Waals surface area contributed by atoms with Crippen LogP contribution in [0.2, 0.25) is 10.2 Å². The monoisotopic (exact) mass is 562 g/mol. The molecule has 2 N–H and O–H groups in total. The van der Waals surface area contributed by atoms with Gasteiger partial charge in [0, 0.05) is 55.4 Å². The highest BCUT2D eigenvalue weighted by Gasteiger charge is 2.71. The van der Waals surface area contributed by atoms with Crippen molar-refractivity contribution < 1.29 is 19.0 Å². The van der Waals surface area contributed by atoms with Crippen LogP contribution in [0, 0.1) is 0 Å². The van der Waals surface area contributed by atoms with E-state index in [2.05, 4.69) is 20.4 Å². The average molecular weight is 563 g/mol. The number of anilines is 2. The van der Waals surface area contributed by atoms with Gasteiger partial charge in [-0.25, -0.2) is 19.0 Å². The first-order valence-electron chi connectivity index (χ1n) is 13.0. The largest absolute Gasteiger partial charge is 0.389 e. The molecule has 0 radical (unpaired) electrons. The lowest BCUT2D eigenvalue weighted by atomic mass is 9.46. The fourth-order valence-electron chi connectivity index (χ4n) is 6.83. The van der Waals surface area contributed by atoms with Crippen LogP contribution in [-0.4, -0.2) is 87.1 Å². The molecule has 0 amide bonds. The minimum atomic E-state index is -1.12. The molecule has 0 spiro atoms. The van der Waals surface area contributed by atoms with Crippen molar-refractivity contribution in [2.75, 3.05) is 38.7 Å². The number of hydrogen-bond acceptors (Lipinski definition) is 8. The van der Waals surface area contributed by atoms with Crippen molar-refractivity contribution in [1.82, 2.24) is 24.6 Å². The molecule has 1 aromatic carbocycles. The second-order valence-electron chi connectivity index (χ2n) is 11.2. The van der Waals surface area contributed by atoms with Gasteiger partial charge in [0.1, 0.15) is 6.17 Å². The summed E-state index contributed by atoms with van der Waals surface area (Å²) >= 11 is 13.3. The molecule has 2 bridgehead atoms. The highest BCUT2D eigenvalue weighted by molar-refractivity contribution is 6.32. The Morgan fingerprint density at radius 3 is 2.74 bits per heavy atom. The van der Waals surface area contributed by atoms with Crippen molar-refractivity contribution in [1.29, 1.82) is 0 Å². The van der Waals surface area contributed by atoms with Crippen LogP contribution < -0.4 is 5.32 Å². The Balaban J connectivity index is 1.10. The number of nitrogens with one attached hydrogen (secondary N) is 1. The van der Waals surface area contributed by atoms with Crippen LogP contribution in [-0.2, 0) is 15.0 Å². The van der Waals surface area contributed by atoms with Crippen molar-refractivity contribution in [3.05, 3.63) is 40.3 Å². The van der Waals surface area contributed by atoms with E-state index in [1.807, 2.05) is 15.6 Å². The van der Waals surface area contributed by atoms with Crippen molar-refractivity contribution in [3.8, 4) is 0 Å². The van der Waals surface area contributed by atoms with Gasteiger partial charge in [0.2, 0.25) is 5.95 Å². The Kier molecular flexibility index (Phi) is 5.88. The van der Waals surface area contributed by atoms with E-state index >= 15 is 4.39 Å². The van der Waals surface area contributed by atoms with E-state index in [0.717, 1.165) is 30.2 Å². The van der Waals surface area contributed by atoms with Gasteiger partial charge in [0.05, 0.1) is 53.9 Å². The van der Waals surface area contributed by atoms with Gasteiger partial charge in [0.15, 0.2) is 5.15 Å². The molecule has 5 aliphatic rings. The zero-order chi connectivity index (χ0) is 26.2. The van der Waals surface area contributed by atoms with Crippen molar-refractivity contribution >= 4 is 45.7 Å². The number of aliphatic hydroxyl groups is 1.